The first-order valence-corrected chi connectivity index (χ1v) is 20.2. The van der Waals surface area contributed by atoms with Gasteiger partial charge in [0, 0.05) is 59.0 Å². The average molecular weight is 766 g/mol. The maximum Gasteiger partial charge on any atom is 0.119 e. The minimum atomic E-state index is 0.694. The normalized spacial score (nSPS) is 12.8. The second-order valence-electron chi connectivity index (χ2n) is 17.2. The zero-order valence-corrected chi connectivity index (χ0v) is 34.8. The molecule has 3 aromatic heterocycles. The fourth-order valence-electron chi connectivity index (χ4n) is 7.45. The number of H-pyrrole nitrogens is 2. The number of fused-ring (bicyclic) bond motifs is 8. The summed E-state index contributed by atoms with van der Waals surface area (Å²) in [6.45, 7) is 5.83. The van der Waals surface area contributed by atoms with Gasteiger partial charge in [0.05, 0.1) is 90.9 Å². The highest BCUT2D eigenvalue weighted by molar-refractivity contribution is 5.93. The molecule has 0 saturated carbocycles. The van der Waals surface area contributed by atoms with Gasteiger partial charge in [0.25, 0.3) is 0 Å². The molecule has 9 nitrogen and oxygen atoms in total. The lowest BCUT2D eigenvalue weighted by atomic mass is 10.0. The maximum atomic E-state index is 6.22. The number of quaternary nitrogens is 2. The number of benzene rings is 2. The lowest BCUT2D eigenvalue weighted by molar-refractivity contribution is -0.890. The lowest BCUT2D eigenvalue weighted by Gasteiger charge is -2.30. The molecule has 0 aliphatic carbocycles. The maximum absolute atomic E-state index is 6.22. The molecule has 5 aromatic rings. The van der Waals surface area contributed by atoms with Crippen molar-refractivity contribution in [1.82, 2.24) is 24.8 Å². The highest BCUT2D eigenvalue weighted by atomic mass is 16.5. The Labute approximate surface area is 338 Å². The largest absolute Gasteiger partial charge is 0.493 e. The van der Waals surface area contributed by atoms with Gasteiger partial charge < -0.3 is 33.3 Å². The molecule has 0 unspecified atom stereocenters. The van der Waals surface area contributed by atoms with Gasteiger partial charge in [-0.3, -0.25) is 0 Å². The van der Waals surface area contributed by atoms with Crippen LogP contribution in [-0.2, 0) is 0 Å². The van der Waals surface area contributed by atoms with E-state index in [2.05, 4.69) is 173 Å². The van der Waals surface area contributed by atoms with Crippen LogP contribution < -0.4 is 9.47 Å². The third-order valence-electron chi connectivity index (χ3n) is 10.5. The predicted molar refractivity (Wildman–Crippen MR) is 238 cm³/mol. The van der Waals surface area contributed by atoms with Crippen molar-refractivity contribution in [3.8, 4) is 33.8 Å². The fraction of sp³-hybridized carbons (Fsp3) is 0.333. The third kappa shape index (κ3) is 10.7. The highest BCUT2D eigenvalue weighted by Crippen LogP contribution is 2.33. The molecule has 8 bridgehead atoms. The van der Waals surface area contributed by atoms with Gasteiger partial charge in [-0.1, -0.05) is 24.3 Å². The van der Waals surface area contributed by atoms with E-state index < -0.39 is 0 Å². The fourth-order valence-corrected chi connectivity index (χ4v) is 7.45. The number of hydrogen-bond acceptors (Lipinski definition) is 5. The van der Waals surface area contributed by atoms with Crippen molar-refractivity contribution in [3.05, 3.63) is 108 Å². The van der Waals surface area contributed by atoms with Gasteiger partial charge >= 0.3 is 0 Å². The van der Waals surface area contributed by atoms with Crippen molar-refractivity contribution in [2.75, 3.05) is 88.7 Å². The topological polar surface area (TPSA) is 79.1 Å². The van der Waals surface area contributed by atoms with E-state index >= 15 is 0 Å². The molecule has 2 aromatic carbocycles. The van der Waals surface area contributed by atoms with E-state index in [4.69, 9.17) is 19.4 Å². The molecule has 0 saturated heterocycles. The molecule has 0 amide bonds. The zero-order chi connectivity index (χ0) is 40.0. The summed E-state index contributed by atoms with van der Waals surface area (Å²) in [5.41, 5.74) is 11.7. The molecule has 0 fully saturated rings. The van der Waals surface area contributed by atoms with E-state index in [9.17, 15) is 0 Å². The Morgan fingerprint density at radius 3 is 1.46 bits per heavy atom. The van der Waals surface area contributed by atoms with Crippen LogP contribution in [0.15, 0.2) is 84.9 Å². The van der Waals surface area contributed by atoms with Crippen LogP contribution in [0.4, 0.5) is 0 Å². The quantitative estimate of drug-likeness (QED) is 0.0758. The molecule has 9 heteroatoms. The Morgan fingerprint density at radius 2 is 1.00 bits per heavy atom. The van der Waals surface area contributed by atoms with Crippen molar-refractivity contribution in [2.24, 2.45) is 0 Å². The molecule has 57 heavy (non-hydrogen) atoms. The molecule has 0 spiro atoms. The van der Waals surface area contributed by atoms with Crippen molar-refractivity contribution in [2.45, 2.75) is 19.3 Å². The van der Waals surface area contributed by atoms with Crippen LogP contribution in [-0.4, -0.2) is 123 Å². The van der Waals surface area contributed by atoms with Gasteiger partial charge in [0.15, 0.2) is 0 Å². The number of aromatic nitrogens is 4. The second-order valence-corrected chi connectivity index (χ2v) is 17.2. The number of rotatable bonds is 16. The van der Waals surface area contributed by atoms with Crippen LogP contribution in [0.25, 0.3) is 68.6 Å². The van der Waals surface area contributed by atoms with E-state index in [1.54, 1.807) is 0 Å². The predicted octanol–water partition coefficient (Wildman–Crippen LogP) is 9.26. The molecule has 0 atom stereocenters. The number of nitrogens with zero attached hydrogens (tertiary/aromatic N) is 5. The zero-order valence-electron chi connectivity index (χ0n) is 34.8. The van der Waals surface area contributed by atoms with Crippen LogP contribution in [0.2, 0.25) is 0 Å². The molecule has 2 aliphatic heterocycles. The van der Waals surface area contributed by atoms with Gasteiger partial charge in [0.1, 0.15) is 11.5 Å². The number of hydrogen-bond donors (Lipinski definition) is 2. The van der Waals surface area contributed by atoms with Crippen molar-refractivity contribution in [1.29, 1.82) is 0 Å². The van der Waals surface area contributed by atoms with Crippen LogP contribution in [0, 0.1) is 0 Å². The van der Waals surface area contributed by atoms with E-state index in [1.807, 2.05) is 0 Å². The van der Waals surface area contributed by atoms with E-state index in [1.165, 1.54) is 13.0 Å². The second kappa shape index (κ2) is 17.3. The van der Waals surface area contributed by atoms with E-state index in [-0.39, 0.29) is 0 Å². The molecule has 5 heterocycles. The Balaban J connectivity index is 1.17. The number of nitrogens with one attached hydrogen (secondary N) is 2. The summed E-state index contributed by atoms with van der Waals surface area (Å²) in [6, 6.07) is 29.4. The van der Waals surface area contributed by atoms with Gasteiger partial charge in [0.2, 0.25) is 0 Å². The number of aromatic amines is 2. The first-order valence-electron chi connectivity index (χ1n) is 20.2. The summed E-state index contributed by atoms with van der Waals surface area (Å²) in [4.78, 5) is 19.8. The Bertz CT molecular complexity index is 2380. The molecule has 2 N–H and O–H groups in total. The van der Waals surface area contributed by atoms with Crippen LogP contribution in [0.3, 0.4) is 0 Å². The van der Waals surface area contributed by atoms with Crippen LogP contribution in [0.5, 0.6) is 11.5 Å². The van der Waals surface area contributed by atoms with Gasteiger partial charge in [-0.15, -0.1) is 0 Å². The summed E-state index contributed by atoms with van der Waals surface area (Å²) < 4.78 is 14.3. The van der Waals surface area contributed by atoms with Crippen molar-refractivity contribution in [3.63, 3.8) is 0 Å². The molecular weight excluding hydrogens is 707 g/mol. The van der Waals surface area contributed by atoms with Crippen LogP contribution in [0.1, 0.15) is 42.0 Å². The third-order valence-corrected chi connectivity index (χ3v) is 10.5. The van der Waals surface area contributed by atoms with Gasteiger partial charge in [-0.2, -0.15) is 0 Å². The SMILES string of the molecule is CN(C)CCC[N+](C)(C)CCCOc1ccc(-c2c3nc(cc4ccc([nH]4)c(-c4ccc(OCCC[N+](C)(C)C)cc4)c4nc(cc5ccc2[nH]5)C=C4)C=C3)cc1. The minimum Gasteiger partial charge on any atom is -0.493 e. The first kappa shape index (κ1) is 39.7. The summed E-state index contributed by atoms with van der Waals surface area (Å²) >= 11 is 0. The van der Waals surface area contributed by atoms with Crippen LogP contribution >= 0.6 is 0 Å². The summed E-state index contributed by atoms with van der Waals surface area (Å²) in [5.74, 6) is 1.75. The standard InChI is InChI=1S/C48H59N7O2/c1-53(2)27-8-29-55(6,7)30-10-32-57-42-21-13-36(14-22-42)48-45-25-17-39(51-45)33-37-15-23-43(49-37)47(44-24-16-38(50-44)34-40-18-26-46(48)52-40)35-11-19-41(20-12-35)56-31-9-28-54(3,4)5/h11-26,33-34,49,52H,8-10,27-32H2,1-7H3/q+2. The Morgan fingerprint density at radius 1 is 0.544 bits per heavy atom. The molecule has 2 aliphatic rings. The highest BCUT2D eigenvalue weighted by Gasteiger charge is 2.16. The monoisotopic (exact) mass is 765 g/mol. The first-order chi connectivity index (χ1) is 27.4. The van der Waals surface area contributed by atoms with Gasteiger partial charge in [-0.05, 0) is 110 Å². The van der Waals surface area contributed by atoms with Crippen molar-refractivity contribution < 1.29 is 18.4 Å². The lowest BCUT2D eigenvalue weighted by Crippen LogP contribution is -2.42. The summed E-state index contributed by atoms with van der Waals surface area (Å²) in [6.07, 6.45) is 11.6. The number of ether oxygens (including phenoxy) is 2. The van der Waals surface area contributed by atoms with E-state index in [0.29, 0.717) is 13.2 Å². The molecular formula is C48H59N7O2+2. The minimum absolute atomic E-state index is 0.694. The van der Waals surface area contributed by atoms with E-state index in [0.717, 1.165) is 120 Å². The molecule has 296 valence electrons. The Hall–Kier alpha value is -5.48. The summed E-state index contributed by atoms with van der Waals surface area (Å²) in [7, 11) is 15.5. The summed E-state index contributed by atoms with van der Waals surface area (Å²) in [5, 5.41) is 0. The molecule has 0 radical (unpaired) electrons. The van der Waals surface area contributed by atoms with Gasteiger partial charge in [-0.25, -0.2) is 9.97 Å². The Kier molecular flexibility index (Phi) is 12.1. The van der Waals surface area contributed by atoms with Crippen molar-refractivity contribution >= 4 is 46.4 Å². The average Bonchev–Trinajstić information content (AvgIpc) is 4.00. The smallest absolute Gasteiger partial charge is 0.119 e. The molecule has 7 rings (SSSR count).